The van der Waals surface area contributed by atoms with E-state index in [9.17, 15) is 9.59 Å². The minimum absolute atomic E-state index is 0.174. The molecule has 0 radical (unpaired) electrons. The first-order valence-electron chi connectivity index (χ1n) is 5.69. The van der Waals surface area contributed by atoms with Crippen molar-refractivity contribution in [2.75, 3.05) is 14.1 Å². The molecule has 1 N–H and O–H groups in total. The summed E-state index contributed by atoms with van der Waals surface area (Å²) in [5.74, 6) is -0.174. The van der Waals surface area contributed by atoms with Crippen LogP contribution in [0.25, 0.3) is 0 Å². The van der Waals surface area contributed by atoms with Gasteiger partial charge in [0.15, 0.2) is 0 Å². The molecule has 98 valence electrons. The zero-order chi connectivity index (χ0) is 13.5. The number of alkyl carbamates (subject to hydrolysis) is 1. The topological polar surface area (TPSA) is 58.6 Å². The number of nitrogens with one attached hydrogen (secondary N) is 1. The SMILES string of the molecule is CC(NC(=O)OCc1ccccc1)C(=O)N(C)C. The number of benzene rings is 1. The van der Waals surface area contributed by atoms with Crippen molar-refractivity contribution in [2.45, 2.75) is 19.6 Å². The zero-order valence-corrected chi connectivity index (χ0v) is 10.8. The molecule has 2 amide bonds. The van der Waals surface area contributed by atoms with Gasteiger partial charge in [0.25, 0.3) is 0 Å². The van der Waals surface area contributed by atoms with E-state index >= 15 is 0 Å². The van der Waals surface area contributed by atoms with Crippen molar-refractivity contribution in [1.29, 1.82) is 0 Å². The lowest BCUT2D eigenvalue weighted by Crippen LogP contribution is -2.44. The van der Waals surface area contributed by atoms with Crippen LogP contribution < -0.4 is 5.32 Å². The summed E-state index contributed by atoms with van der Waals surface area (Å²) >= 11 is 0. The molecule has 1 aromatic rings. The van der Waals surface area contributed by atoms with E-state index in [1.165, 1.54) is 4.90 Å². The van der Waals surface area contributed by atoms with Gasteiger partial charge in [-0.1, -0.05) is 30.3 Å². The van der Waals surface area contributed by atoms with Crippen molar-refractivity contribution in [3.8, 4) is 0 Å². The smallest absolute Gasteiger partial charge is 0.408 e. The first-order valence-corrected chi connectivity index (χ1v) is 5.69. The van der Waals surface area contributed by atoms with Gasteiger partial charge in [-0.3, -0.25) is 4.79 Å². The molecular formula is C13H18N2O3. The Morgan fingerprint density at radius 3 is 2.44 bits per heavy atom. The maximum Gasteiger partial charge on any atom is 0.408 e. The molecule has 0 aliphatic carbocycles. The Morgan fingerprint density at radius 1 is 1.28 bits per heavy atom. The summed E-state index contributed by atoms with van der Waals surface area (Å²) in [6.45, 7) is 1.81. The Bertz CT molecular complexity index is 404. The van der Waals surface area contributed by atoms with Gasteiger partial charge in [-0.05, 0) is 12.5 Å². The number of rotatable bonds is 4. The third-order valence-electron chi connectivity index (χ3n) is 2.36. The second kappa shape index (κ2) is 6.64. The van der Waals surface area contributed by atoms with Crippen molar-refractivity contribution in [1.82, 2.24) is 10.2 Å². The molecule has 1 atom stereocenters. The van der Waals surface area contributed by atoms with E-state index in [2.05, 4.69) is 5.32 Å². The van der Waals surface area contributed by atoms with Gasteiger partial charge in [0.1, 0.15) is 12.6 Å². The molecule has 0 aliphatic rings. The third kappa shape index (κ3) is 4.45. The lowest BCUT2D eigenvalue weighted by Gasteiger charge is -2.17. The number of nitrogens with zero attached hydrogens (tertiary/aromatic N) is 1. The summed E-state index contributed by atoms with van der Waals surface area (Å²) in [6, 6.07) is 8.76. The molecule has 0 saturated carbocycles. The predicted octanol–water partition coefficient (Wildman–Crippen LogP) is 1.39. The Morgan fingerprint density at radius 2 is 1.89 bits per heavy atom. The van der Waals surface area contributed by atoms with Gasteiger partial charge in [-0.25, -0.2) is 4.79 Å². The van der Waals surface area contributed by atoms with Crippen LogP contribution >= 0.6 is 0 Å². The zero-order valence-electron chi connectivity index (χ0n) is 10.8. The van der Waals surface area contributed by atoms with Gasteiger partial charge >= 0.3 is 6.09 Å². The van der Waals surface area contributed by atoms with Crippen LogP contribution in [-0.4, -0.2) is 37.0 Å². The van der Waals surface area contributed by atoms with Crippen LogP contribution in [0.3, 0.4) is 0 Å². The van der Waals surface area contributed by atoms with E-state index in [1.807, 2.05) is 30.3 Å². The first-order chi connectivity index (χ1) is 8.50. The number of hydrogen-bond donors (Lipinski definition) is 1. The molecule has 1 rings (SSSR count). The highest BCUT2D eigenvalue weighted by Crippen LogP contribution is 2.00. The lowest BCUT2D eigenvalue weighted by molar-refractivity contribution is -0.130. The minimum Gasteiger partial charge on any atom is -0.445 e. The Labute approximate surface area is 107 Å². The van der Waals surface area contributed by atoms with Crippen molar-refractivity contribution in [3.05, 3.63) is 35.9 Å². The maximum absolute atomic E-state index is 11.5. The van der Waals surface area contributed by atoms with Gasteiger partial charge in [0.05, 0.1) is 0 Å². The van der Waals surface area contributed by atoms with Crippen molar-refractivity contribution in [2.24, 2.45) is 0 Å². The van der Waals surface area contributed by atoms with Crippen LogP contribution in [-0.2, 0) is 16.1 Å². The molecule has 0 aromatic heterocycles. The second-order valence-corrected chi connectivity index (χ2v) is 4.16. The van der Waals surface area contributed by atoms with E-state index in [1.54, 1.807) is 21.0 Å². The molecule has 5 heteroatoms. The van der Waals surface area contributed by atoms with Crippen LogP contribution in [0, 0.1) is 0 Å². The molecule has 5 nitrogen and oxygen atoms in total. The molecule has 0 saturated heterocycles. The molecule has 18 heavy (non-hydrogen) atoms. The summed E-state index contributed by atoms with van der Waals surface area (Å²) in [5.41, 5.74) is 0.902. The Balaban J connectivity index is 2.36. The molecule has 1 unspecified atom stereocenters. The molecule has 0 bridgehead atoms. The molecular weight excluding hydrogens is 232 g/mol. The van der Waals surface area contributed by atoms with Crippen molar-refractivity contribution >= 4 is 12.0 Å². The number of amides is 2. The van der Waals surface area contributed by atoms with Gasteiger partial charge in [-0.2, -0.15) is 0 Å². The quantitative estimate of drug-likeness (QED) is 0.878. The number of carbonyl (C=O) groups excluding carboxylic acids is 2. The van der Waals surface area contributed by atoms with Gasteiger partial charge in [0.2, 0.25) is 5.91 Å². The van der Waals surface area contributed by atoms with Gasteiger partial charge < -0.3 is 15.0 Å². The fraction of sp³-hybridized carbons (Fsp3) is 0.385. The molecule has 0 spiro atoms. The lowest BCUT2D eigenvalue weighted by atomic mass is 10.2. The fourth-order valence-electron chi connectivity index (χ4n) is 1.39. The predicted molar refractivity (Wildman–Crippen MR) is 67.9 cm³/mol. The summed E-state index contributed by atoms with van der Waals surface area (Å²) in [6.07, 6.45) is -0.596. The summed E-state index contributed by atoms with van der Waals surface area (Å²) in [4.78, 5) is 24.4. The highest BCUT2D eigenvalue weighted by atomic mass is 16.5. The first kappa shape index (κ1) is 14.0. The van der Waals surface area contributed by atoms with Gasteiger partial charge in [-0.15, -0.1) is 0 Å². The standard InChI is InChI=1S/C13H18N2O3/c1-10(12(16)15(2)3)14-13(17)18-9-11-7-5-4-6-8-11/h4-8,10H,9H2,1-3H3,(H,14,17). The van der Waals surface area contributed by atoms with Crippen LogP contribution in [0.4, 0.5) is 4.79 Å². The Hall–Kier alpha value is -2.04. The fourth-order valence-corrected chi connectivity index (χ4v) is 1.39. The second-order valence-electron chi connectivity index (χ2n) is 4.16. The van der Waals surface area contributed by atoms with Crippen LogP contribution in [0.2, 0.25) is 0 Å². The van der Waals surface area contributed by atoms with Crippen molar-refractivity contribution in [3.63, 3.8) is 0 Å². The van der Waals surface area contributed by atoms with E-state index < -0.39 is 12.1 Å². The summed E-state index contributed by atoms with van der Waals surface area (Å²) < 4.78 is 5.01. The van der Waals surface area contributed by atoms with Gasteiger partial charge in [0, 0.05) is 14.1 Å². The summed E-state index contributed by atoms with van der Waals surface area (Å²) in [7, 11) is 3.27. The van der Waals surface area contributed by atoms with Crippen LogP contribution in [0.5, 0.6) is 0 Å². The third-order valence-corrected chi connectivity index (χ3v) is 2.36. The number of carbonyl (C=O) groups is 2. The number of ether oxygens (including phenoxy) is 1. The van der Waals surface area contributed by atoms with E-state index in [4.69, 9.17) is 4.74 Å². The highest BCUT2D eigenvalue weighted by molar-refractivity contribution is 5.84. The van der Waals surface area contributed by atoms with Crippen molar-refractivity contribution < 1.29 is 14.3 Å². The molecule has 0 heterocycles. The van der Waals surface area contributed by atoms with E-state index in [0.717, 1.165) is 5.56 Å². The van der Waals surface area contributed by atoms with E-state index in [-0.39, 0.29) is 12.5 Å². The average Bonchev–Trinajstić information content (AvgIpc) is 2.36. The minimum atomic E-state index is -0.596. The van der Waals surface area contributed by atoms with E-state index in [0.29, 0.717) is 0 Å². The van der Waals surface area contributed by atoms with Crippen LogP contribution in [0.1, 0.15) is 12.5 Å². The number of hydrogen-bond acceptors (Lipinski definition) is 3. The normalized spacial score (nSPS) is 11.5. The number of likely N-dealkylation sites (N-methyl/N-ethyl adjacent to an activating group) is 1. The average molecular weight is 250 g/mol. The molecule has 0 fully saturated rings. The highest BCUT2D eigenvalue weighted by Gasteiger charge is 2.17. The molecule has 1 aromatic carbocycles. The molecule has 0 aliphatic heterocycles. The summed E-state index contributed by atoms with van der Waals surface area (Å²) in [5, 5.41) is 2.48. The monoisotopic (exact) mass is 250 g/mol. The maximum atomic E-state index is 11.5. The van der Waals surface area contributed by atoms with Crippen LogP contribution in [0.15, 0.2) is 30.3 Å². The largest absolute Gasteiger partial charge is 0.445 e. The Kier molecular flexibility index (Phi) is 5.17.